The maximum absolute atomic E-state index is 9.55. The molecule has 0 spiro atoms. The smallest absolute Gasteiger partial charge is 0.328 e. The van der Waals surface area contributed by atoms with E-state index in [4.69, 9.17) is 10.2 Å². The molecule has 0 radical (unpaired) electrons. The highest BCUT2D eigenvalue weighted by atomic mass is 16.4. The first-order chi connectivity index (χ1) is 21.5. The number of rotatable bonds is 8. The van der Waals surface area contributed by atoms with E-state index in [1.54, 1.807) is 0 Å². The second-order valence-corrected chi connectivity index (χ2v) is 11.7. The molecule has 5 rings (SSSR count). The molecule has 1 fully saturated rings. The maximum Gasteiger partial charge on any atom is 0.328 e. The fourth-order valence-corrected chi connectivity index (χ4v) is 5.31. The molecule has 0 aliphatic carbocycles. The van der Waals surface area contributed by atoms with Gasteiger partial charge in [-0.2, -0.15) is 0 Å². The number of pyridine rings is 2. The van der Waals surface area contributed by atoms with Gasteiger partial charge >= 0.3 is 11.9 Å². The number of carboxylic acid groups (broad SMARTS) is 2. The number of carboxylic acids is 2. The van der Waals surface area contributed by atoms with Crippen LogP contribution < -0.4 is 0 Å². The Bertz CT molecular complexity index is 1650. The van der Waals surface area contributed by atoms with Crippen molar-refractivity contribution in [3.63, 3.8) is 0 Å². The molecule has 45 heavy (non-hydrogen) atoms. The second-order valence-electron chi connectivity index (χ2n) is 11.7. The van der Waals surface area contributed by atoms with Crippen molar-refractivity contribution >= 4 is 11.9 Å². The van der Waals surface area contributed by atoms with Gasteiger partial charge in [0.05, 0.1) is 11.4 Å². The van der Waals surface area contributed by atoms with Crippen molar-refractivity contribution in [2.75, 3.05) is 26.2 Å². The third-order valence-electron chi connectivity index (χ3n) is 8.32. The van der Waals surface area contributed by atoms with Gasteiger partial charge < -0.3 is 10.2 Å². The lowest BCUT2D eigenvalue weighted by atomic mass is 9.98. The number of hydrogen-bond donors (Lipinski definition) is 2. The summed E-state index contributed by atoms with van der Waals surface area (Å²) in [6, 6.07) is 20.0. The van der Waals surface area contributed by atoms with Gasteiger partial charge in [0.2, 0.25) is 0 Å². The van der Waals surface area contributed by atoms with Gasteiger partial charge in [-0.25, -0.2) is 9.59 Å². The van der Waals surface area contributed by atoms with Gasteiger partial charge in [0.1, 0.15) is 0 Å². The minimum absolute atomic E-state index is 0.558. The van der Waals surface area contributed by atoms with Crippen LogP contribution in [0.1, 0.15) is 38.9 Å². The molecule has 1 saturated heterocycles. The van der Waals surface area contributed by atoms with E-state index in [-0.39, 0.29) is 0 Å². The van der Waals surface area contributed by atoms with Crippen LogP contribution in [-0.2, 0) is 22.7 Å². The van der Waals surface area contributed by atoms with Gasteiger partial charge in [0.25, 0.3) is 0 Å². The summed E-state index contributed by atoms with van der Waals surface area (Å²) in [6.45, 7) is 17.1. The van der Waals surface area contributed by atoms with Crippen molar-refractivity contribution in [1.29, 1.82) is 0 Å². The summed E-state index contributed by atoms with van der Waals surface area (Å²) in [4.78, 5) is 33.6. The first-order valence-electron chi connectivity index (χ1n) is 15.1. The molecule has 0 unspecified atom stereocenters. The van der Waals surface area contributed by atoms with E-state index in [0.717, 1.165) is 50.7 Å². The van der Waals surface area contributed by atoms with Crippen molar-refractivity contribution in [2.24, 2.45) is 0 Å². The molecule has 1 aliphatic heterocycles. The summed E-state index contributed by atoms with van der Waals surface area (Å²) in [5.41, 5.74) is 13.9. The number of benzene rings is 2. The lowest BCUT2D eigenvalue weighted by Crippen LogP contribution is -2.45. The summed E-state index contributed by atoms with van der Waals surface area (Å²) in [7, 11) is 0. The van der Waals surface area contributed by atoms with Gasteiger partial charge in [-0.15, -0.1) is 0 Å². The van der Waals surface area contributed by atoms with E-state index < -0.39 is 11.9 Å². The molecule has 3 heterocycles. The van der Waals surface area contributed by atoms with Crippen LogP contribution in [0.15, 0.2) is 79.1 Å². The average Bonchev–Trinajstić information content (AvgIpc) is 3.01. The number of aryl methyl sites for hydroxylation is 4. The van der Waals surface area contributed by atoms with Crippen LogP contribution in [0.5, 0.6) is 0 Å². The Morgan fingerprint density at radius 3 is 1.51 bits per heavy atom. The highest BCUT2D eigenvalue weighted by Crippen LogP contribution is 2.25. The largest absolute Gasteiger partial charge is 0.478 e. The summed E-state index contributed by atoms with van der Waals surface area (Å²) in [5.74, 6) is -2.51. The quantitative estimate of drug-likeness (QED) is 0.223. The molecule has 0 amide bonds. The van der Waals surface area contributed by atoms with Crippen molar-refractivity contribution in [3.8, 4) is 22.5 Å². The predicted molar refractivity (Wildman–Crippen MR) is 178 cm³/mol. The van der Waals surface area contributed by atoms with E-state index in [0.29, 0.717) is 12.2 Å². The Balaban J connectivity index is 0.000000510. The molecule has 0 saturated carbocycles. The molecule has 0 atom stereocenters. The molecule has 8 nitrogen and oxygen atoms in total. The number of nitrogens with zero attached hydrogens (tertiary/aromatic N) is 4. The normalized spacial score (nSPS) is 13.8. The zero-order valence-corrected chi connectivity index (χ0v) is 26.7. The number of carbonyl (C=O) groups is 2. The van der Waals surface area contributed by atoms with E-state index in [1.165, 1.54) is 50.1 Å². The summed E-state index contributed by atoms with van der Waals surface area (Å²) in [5, 5.41) is 15.6. The Hall–Kier alpha value is -4.66. The Morgan fingerprint density at radius 2 is 1.07 bits per heavy atom. The topological polar surface area (TPSA) is 107 Å². The lowest BCUT2D eigenvalue weighted by molar-refractivity contribution is -0.134. The van der Waals surface area contributed by atoms with Crippen LogP contribution >= 0.6 is 0 Å². The van der Waals surface area contributed by atoms with E-state index in [9.17, 15) is 9.59 Å². The zero-order chi connectivity index (χ0) is 32.5. The highest BCUT2D eigenvalue weighted by Gasteiger charge is 2.18. The van der Waals surface area contributed by atoms with E-state index >= 15 is 0 Å². The third kappa shape index (κ3) is 9.66. The molecule has 2 aromatic carbocycles. The van der Waals surface area contributed by atoms with Crippen LogP contribution in [0.4, 0.5) is 0 Å². The monoisotopic (exact) mass is 606 g/mol. The first-order valence-corrected chi connectivity index (χ1v) is 15.1. The first kappa shape index (κ1) is 33.2. The molecular weight excluding hydrogens is 564 g/mol. The Labute approximate surface area is 265 Å². The molecule has 1 aliphatic rings. The molecule has 4 aromatic rings. The minimum atomic E-state index is -1.26. The fraction of sp³-hybridized carbons (Fsp3) is 0.297. The van der Waals surface area contributed by atoms with E-state index in [1.807, 2.05) is 12.4 Å². The van der Waals surface area contributed by atoms with E-state index in [2.05, 4.69) is 109 Å². The molecule has 234 valence electrons. The zero-order valence-electron chi connectivity index (χ0n) is 26.7. The summed E-state index contributed by atoms with van der Waals surface area (Å²) >= 11 is 0. The van der Waals surface area contributed by atoms with Gasteiger partial charge in [0.15, 0.2) is 0 Å². The molecular formula is C37H42N4O4. The number of piperazine rings is 1. The molecule has 2 N–H and O–H groups in total. The number of aromatic nitrogens is 2. The van der Waals surface area contributed by atoms with Crippen LogP contribution in [0.25, 0.3) is 22.5 Å². The summed E-state index contributed by atoms with van der Waals surface area (Å²) < 4.78 is 0. The standard InChI is InChI=1S/C33H38N4.C4H4O4/c1-23-6-7-30(16-24(23)2)32-19-28(8-10-34-32)21-36-12-14-37(15-13-36)22-29-9-11-35-33(20-29)31-17-25(3)27(5)26(4)18-31;5-3(6)1-2-4(7)8/h6-11,16-20H,12-15,21-22H2,1-5H3;1-2H,(H,5,6)(H,7,8)/b;2-1+. The van der Waals surface area contributed by atoms with Gasteiger partial charge in [-0.1, -0.05) is 12.1 Å². The number of aliphatic carboxylic acids is 2. The van der Waals surface area contributed by atoms with Gasteiger partial charge in [-0.3, -0.25) is 19.8 Å². The van der Waals surface area contributed by atoms with Crippen molar-refractivity contribution in [3.05, 3.63) is 118 Å². The van der Waals surface area contributed by atoms with Crippen molar-refractivity contribution in [2.45, 2.75) is 47.7 Å². The van der Waals surface area contributed by atoms with Gasteiger partial charge in [0, 0.05) is 74.9 Å². The van der Waals surface area contributed by atoms with Crippen LogP contribution in [0.3, 0.4) is 0 Å². The molecule has 0 bridgehead atoms. The van der Waals surface area contributed by atoms with Crippen LogP contribution in [0, 0.1) is 34.6 Å². The molecule has 2 aromatic heterocycles. The predicted octanol–water partition coefficient (Wildman–Crippen LogP) is 6.38. The van der Waals surface area contributed by atoms with Crippen molar-refractivity contribution in [1.82, 2.24) is 19.8 Å². The average molecular weight is 607 g/mol. The van der Waals surface area contributed by atoms with Crippen molar-refractivity contribution < 1.29 is 19.8 Å². The van der Waals surface area contributed by atoms with Gasteiger partial charge in [-0.05, 0) is 116 Å². The fourth-order valence-electron chi connectivity index (χ4n) is 5.31. The highest BCUT2D eigenvalue weighted by molar-refractivity contribution is 5.89. The lowest BCUT2D eigenvalue weighted by Gasteiger charge is -2.34. The third-order valence-corrected chi connectivity index (χ3v) is 8.32. The minimum Gasteiger partial charge on any atom is -0.478 e. The van der Waals surface area contributed by atoms with Crippen LogP contribution in [0.2, 0.25) is 0 Å². The number of hydrogen-bond acceptors (Lipinski definition) is 6. The molecule has 8 heteroatoms. The maximum atomic E-state index is 9.55. The Morgan fingerprint density at radius 1 is 0.622 bits per heavy atom. The second kappa shape index (κ2) is 15.4. The Kier molecular flexibility index (Phi) is 11.4. The SMILES string of the molecule is Cc1ccc(-c2cc(CN3CCN(Cc4ccnc(-c5cc(C)c(C)c(C)c5)c4)CC3)ccn2)cc1C.O=C(O)/C=C/C(=O)O. The van der Waals surface area contributed by atoms with Crippen LogP contribution in [-0.4, -0.2) is 68.1 Å². The summed E-state index contributed by atoms with van der Waals surface area (Å²) in [6.07, 6.45) is 5.03.